The van der Waals surface area contributed by atoms with Gasteiger partial charge in [0.2, 0.25) is 0 Å². The van der Waals surface area contributed by atoms with Gasteiger partial charge in [0.1, 0.15) is 5.75 Å². The van der Waals surface area contributed by atoms with Gasteiger partial charge in [-0.2, -0.15) is 0 Å². The Bertz CT molecular complexity index is 1120. The zero-order chi connectivity index (χ0) is 22.2. The van der Waals surface area contributed by atoms with E-state index in [2.05, 4.69) is 0 Å². The summed E-state index contributed by atoms with van der Waals surface area (Å²) in [5.41, 5.74) is 1.70. The lowest BCUT2D eigenvalue weighted by molar-refractivity contribution is -0.131. The summed E-state index contributed by atoms with van der Waals surface area (Å²) < 4.78 is 30.3. The first kappa shape index (κ1) is 21.6. The molecule has 0 unspecified atom stereocenters. The maximum atomic E-state index is 14.2. The largest absolute Gasteiger partial charge is 0.493 e. The molecule has 5 nitrogen and oxygen atoms in total. The number of aliphatic carboxylic acids is 1. The summed E-state index contributed by atoms with van der Waals surface area (Å²) >= 11 is 0. The minimum absolute atomic E-state index is 0.0724. The minimum Gasteiger partial charge on any atom is -0.493 e. The quantitative estimate of drug-likeness (QED) is 0.368. The fourth-order valence-corrected chi connectivity index (χ4v) is 2.88. The highest BCUT2D eigenvalue weighted by atomic mass is 19.1. The Morgan fingerprint density at radius 1 is 0.903 bits per heavy atom. The van der Waals surface area contributed by atoms with Crippen molar-refractivity contribution < 1.29 is 28.5 Å². The fraction of sp³-hybridized carbons (Fsp3) is 0.0800. The highest BCUT2D eigenvalue weighted by Gasteiger charge is 2.09. The predicted octanol–water partition coefficient (Wildman–Crippen LogP) is 5.82. The Balaban J connectivity index is 1.91. The number of methoxy groups -OCH3 is 2. The smallest absolute Gasteiger partial charge is 0.328 e. The van der Waals surface area contributed by atoms with Gasteiger partial charge < -0.3 is 19.3 Å². The number of hydrogen-bond donors (Lipinski definition) is 1. The molecule has 3 rings (SSSR count). The van der Waals surface area contributed by atoms with Crippen LogP contribution in [0, 0.1) is 5.82 Å². The zero-order valence-electron chi connectivity index (χ0n) is 17.0. The summed E-state index contributed by atoms with van der Waals surface area (Å²) in [6, 6.07) is 18.4. The van der Waals surface area contributed by atoms with E-state index < -0.39 is 11.8 Å². The van der Waals surface area contributed by atoms with Crippen molar-refractivity contribution >= 4 is 17.6 Å². The van der Waals surface area contributed by atoms with Crippen LogP contribution in [-0.4, -0.2) is 25.3 Å². The lowest BCUT2D eigenvalue weighted by Crippen LogP contribution is -1.94. The molecule has 0 aliphatic rings. The number of carboxylic acids is 1. The number of ether oxygens (including phenoxy) is 3. The van der Waals surface area contributed by atoms with Crippen molar-refractivity contribution in [2.24, 2.45) is 0 Å². The van der Waals surface area contributed by atoms with Crippen molar-refractivity contribution in [1.29, 1.82) is 0 Å². The van der Waals surface area contributed by atoms with E-state index in [0.717, 1.165) is 6.08 Å². The number of para-hydroxylation sites is 1. The first-order chi connectivity index (χ1) is 15.0. The molecule has 1 N–H and O–H groups in total. The van der Waals surface area contributed by atoms with Crippen LogP contribution >= 0.6 is 0 Å². The summed E-state index contributed by atoms with van der Waals surface area (Å²) in [6.07, 6.45) is 4.40. The van der Waals surface area contributed by atoms with Gasteiger partial charge in [-0.05, 0) is 53.1 Å². The monoisotopic (exact) mass is 420 g/mol. The summed E-state index contributed by atoms with van der Waals surface area (Å²) in [7, 11) is 3.03. The average Bonchev–Trinajstić information content (AvgIpc) is 2.78. The molecule has 0 aliphatic carbocycles. The molecule has 6 heteroatoms. The molecule has 31 heavy (non-hydrogen) atoms. The first-order valence-electron chi connectivity index (χ1n) is 9.37. The Morgan fingerprint density at radius 2 is 1.65 bits per heavy atom. The molecule has 0 amide bonds. The van der Waals surface area contributed by atoms with Crippen LogP contribution in [0.15, 0.2) is 78.9 Å². The standard InChI is InChI=1S/C25H21FO5/c1-29-22-13-11-18(15-24(22)30-2)19(16-25(27)28)10-8-17-9-12-21(26)23(14-17)31-20-6-4-3-5-7-20/h3-16H,1-2H3,(H,27,28)/b10-8+,19-16-. The van der Waals surface area contributed by atoms with E-state index in [0.29, 0.717) is 33.9 Å². The number of hydrogen-bond acceptors (Lipinski definition) is 4. The molecule has 0 aliphatic heterocycles. The molecule has 0 aromatic heterocycles. The second-order valence-electron chi connectivity index (χ2n) is 6.45. The number of carbonyl (C=O) groups is 1. The molecule has 158 valence electrons. The van der Waals surface area contributed by atoms with Crippen LogP contribution in [0.4, 0.5) is 4.39 Å². The molecule has 3 aromatic rings. The molecule has 3 aromatic carbocycles. The highest BCUT2D eigenvalue weighted by molar-refractivity contribution is 5.94. The number of carboxylic acid groups (broad SMARTS) is 1. The maximum absolute atomic E-state index is 14.2. The normalized spacial score (nSPS) is 11.4. The van der Waals surface area contributed by atoms with Gasteiger partial charge in [-0.3, -0.25) is 0 Å². The highest BCUT2D eigenvalue weighted by Crippen LogP contribution is 2.31. The van der Waals surface area contributed by atoms with Crippen LogP contribution in [0.3, 0.4) is 0 Å². The van der Waals surface area contributed by atoms with E-state index >= 15 is 0 Å². The fourth-order valence-electron chi connectivity index (χ4n) is 2.88. The maximum Gasteiger partial charge on any atom is 0.328 e. The molecular weight excluding hydrogens is 399 g/mol. The van der Waals surface area contributed by atoms with Gasteiger partial charge in [0, 0.05) is 6.08 Å². The van der Waals surface area contributed by atoms with E-state index in [9.17, 15) is 14.3 Å². The summed E-state index contributed by atoms with van der Waals surface area (Å²) in [5, 5.41) is 9.28. The van der Waals surface area contributed by atoms with Crippen molar-refractivity contribution in [3.63, 3.8) is 0 Å². The van der Waals surface area contributed by atoms with Crippen molar-refractivity contribution in [1.82, 2.24) is 0 Å². The molecule has 0 radical (unpaired) electrons. The van der Waals surface area contributed by atoms with E-state index in [1.165, 1.54) is 20.3 Å². The van der Waals surface area contributed by atoms with Gasteiger partial charge in [0.25, 0.3) is 0 Å². The van der Waals surface area contributed by atoms with Crippen LogP contribution in [0.2, 0.25) is 0 Å². The Hall–Kier alpha value is -4.06. The number of benzene rings is 3. The zero-order valence-corrected chi connectivity index (χ0v) is 17.0. The molecule has 0 heterocycles. The molecule has 0 bridgehead atoms. The summed E-state index contributed by atoms with van der Waals surface area (Å²) in [5.74, 6) is 0.00236. The van der Waals surface area contributed by atoms with Crippen LogP contribution < -0.4 is 14.2 Å². The Morgan fingerprint density at radius 3 is 2.32 bits per heavy atom. The van der Waals surface area contributed by atoms with Crippen molar-refractivity contribution in [2.75, 3.05) is 14.2 Å². The summed E-state index contributed by atoms with van der Waals surface area (Å²) in [6.45, 7) is 0. The van der Waals surface area contributed by atoms with Crippen molar-refractivity contribution in [2.45, 2.75) is 0 Å². The van der Waals surface area contributed by atoms with Gasteiger partial charge >= 0.3 is 5.97 Å². The number of rotatable bonds is 8. The second-order valence-corrected chi connectivity index (χ2v) is 6.45. The average molecular weight is 420 g/mol. The lowest BCUT2D eigenvalue weighted by Gasteiger charge is -2.10. The van der Waals surface area contributed by atoms with E-state index in [1.807, 2.05) is 6.07 Å². The Kier molecular flexibility index (Phi) is 7.06. The SMILES string of the molecule is COc1ccc(C(=C\C(=O)O)/C=C/c2ccc(F)c(Oc3ccccc3)c2)cc1OC. The van der Waals surface area contributed by atoms with Gasteiger partial charge in [0.15, 0.2) is 23.1 Å². The van der Waals surface area contributed by atoms with Gasteiger partial charge in [0.05, 0.1) is 14.2 Å². The van der Waals surface area contributed by atoms with Crippen LogP contribution in [0.1, 0.15) is 11.1 Å². The second kappa shape index (κ2) is 10.1. The first-order valence-corrected chi connectivity index (χ1v) is 9.37. The molecule has 0 saturated carbocycles. The van der Waals surface area contributed by atoms with Gasteiger partial charge in [-0.25, -0.2) is 9.18 Å². The molecule has 0 spiro atoms. The van der Waals surface area contributed by atoms with E-state index in [4.69, 9.17) is 14.2 Å². The predicted molar refractivity (Wildman–Crippen MR) is 117 cm³/mol. The molecule has 0 atom stereocenters. The van der Waals surface area contributed by atoms with Crippen molar-refractivity contribution in [3.8, 4) is 23.0 Å². The number of allylic oxidation sites excluding steroid dienone is 2. The third kappa shape index (κ3) is 5.73. The molecule has 0 saturated heterocycles. The van der Waals surface area contributed by atoms with Crippen molar-refractivity contribution in [3.05, 3.63) is 95.8 Å². The minimum atomic E-state index is -1.10. The summed E-state index contributed by atoms with van der Waals surface area (Å²) in [4.78, 5) is 11.3. The van der Waals surface area contributed by atoms with Crippen LogP contribution in [0.25, 0.3) is 11.6 Å². The topological polar surface area (TPSA) is 65.0 Å². The van der Waals surface area contributed by atoms with Crippen LogP contribution in [0.5, 0.6) is 23.0 Å². The van der Waals surface area contributed by atoms with Gasteiger partial charge in [-0.1, -0.05) is 42.5 Å². The van der Waals surface area contributed by atoms with Gasteiger partial charge in [-0.15, -0.1) is 0 Å². The van der Waals surface area contributed by atoms with E-state index in [-0.39, 0.29) is 5.75 Å². The number of halogens is 1. The third-order valence-electron chi connectivity index (χ3n) is 4.38. The van der Waals surface area contributed by atoms with Crippen LogP contribution in [-0.2, 0) is 4.79 Å². The Labute approximate surface area is 179 Å². The third-order valence-corrected chi connectivity index (χ3v) is 4.38. The lowest BCUT2D eigenvalue weighted by atomic mass is 10.0. The molecule has 0 fully saturated rings. The molecular formula is C25H21FO5. The van der Waals surface area contributed by atoms with E-state index in [1.54, 1.807) is 66.7 Å².